The summed E-state index contributed by atoms with van der Waals surface area (Å²) in [5.74, 6) is 0.705. The van der Waals surface area contributed by atoms with Gasteiger partial charge in [0.25, 0.3) is 0 Å². The molecule has 0 aromatic carbocycles. The molecule has 2 unspecified atom stereocenters. The third-order valence-electron chi connectivity index (χ3n) is 4.17. The Bertz CT molecular complexity index is 249. The van der Waals surface area contributed by atoms with Crippen LogP contribution in [-0.2, 0) is 0 Å². The van der Waals surface area contributed by atoms with Crippen molar-refractivity contribution in [1.29, 1.82) is 0 Å². The molecular weight excluding hydrogens is 200 g/mol. The van der Waals surface area contributed by atoms with Crippen LogP contribution < -0.4 is 5.32 Å². The molecule has 94 valence electrons. The minimum Gasteiger partial charge on any atom is -0.392 e. The molecule has 2 bridgehead atoms. The van der Waals surface area contributed by atoms with E-state index in [0.29, 0.717) is 5.92 Å². The minimum atomic E-state index is -0.162. The number of fused-ring (bicyclic) bond motifs is 2. The first-order chi connectivity index (χ1) is 7.36. The predicted octanol–water partition coefficient (Wildman–Crippen LogP) is 0.935. The monoisotopic (exact) mass is 226 g/mol. The number of likely N-dealkylation sites (tertiary alicyclic amines) is 1. The Morgan fingerprint density at radius 1 is 1.25 bits per heavy atom. The van der Waals surface area contributed by atoms with E-state index in [0.717, 1.165) is 32.7 Å². The fraction of sp³-hybridized carbons (Fsp3) is 1.00. The fourth-order valence-corrected chi connectivity index (χ4v) is 3.68. The van der Waals surface area contributed by atoms with Crippen molar-refractivity contribution >= 4 is 0 Å². The summed E-state index contributed by atoms with van der Waals surface area (Å²) < 4.78 is 0. The molecule has 0 aromatic heterocycles. The fourth-order valence-electron chi connectivity index (χ4n) is 3.68. The van der Waals surface area contributed by atoms with E-state index in [2.05, 4.69) is 37.9 Å². The van der Waals surface area contributed by atoms with Crippen molar-refractivity contribution in [2.24, 2.45) is 16.7 Å². The molecule has 0 aromatic rings. The number of piperidine rings is 2. The van der Waals surface area contributed by atoms with Gasteiger partial charge in [0.1, 0.15) is 0 Å². The van der Waals surface area contributed by atoms with Crippen molar-refractivity contribution in [2.45, 2.75) is 33.8 Å². The van der Waals surface area contributed by atoms with Crippen LogP contribution in [0.1, 0.15) is 27.7 Å². The van der Waals surface area contributed by atoms with E-state index in [1.807, 2.05) is 0 Å². The van der Waals surface area contributed by atoms with Crippen LogP contribution in [0.5, 0.6) is 0 Å². The lowest BCUT2D eigenvalue weighted by molar-refractivity contribution is -0.142. The van der Waals surface area contributed by atoms with Crippen molar-refractivity contribution in [1.82, 2.24) is 10.2 Å². The van der Waals surface area contributed by atoms with Gasteiger partial charge in [-0.25, -0.2) is 0 Å². The van der Waals surface area contributed by atoms with Crippen molar-refractivity contribution in [2.75, 3.05) is 32.7 Å². The Balaban J connectivity index is 2.15. The van der Waals surface area contributed by atoms with E-state index < -0.39 is 0 Å². The number of aliphatic hydroxyl groups excluding tert-OH is 1. The first-order valence-electron chi connectivity index (χ1n) is 6.47. The summed E-state index contributed by atoms with van der Waals surface area (Å²) in [5, 5.41) is 14.0. The zero-order chi connectivity index (χ0) is 12.0. The zero-order valence-electron chi connectivity index (χ0n) is 11.1. The minimum absolute atomic E-state index is 0.0279. The third-order valence-corrected chi connectivity index (χ3v) is 4.17. The molecule has 0 radical (unpaired) electrons. The van der Waals surface area contributed by atoms with Crippen LogP contribution in [0.3, 0.4) is 0 Å². The van der Waals surface area contributed by atoms with Crippen molar-refractivity contribution in [3.63, 3.8) is 0 Å². The molecule has 2 heterocycles. The van der Waals surface area contributed by atoms with Gasteiger partial charge < -0.3 is 15.3 Å². The molecule has 2 saturated heterocycles. The Morgan fingerprint density at radius 3 is 2.19 bits per heavy atom. The molecular formula is C13H26N2O. The van der Waals surface area contributed by atoms with E-state index in [-0.39, 0.29) is 16.9 Å². The van der Waals surface area contributed by atoms with Gasteiger partial charge in [0.05, 0.1) is 6.10 Å². The summed E-state index contributed by atoms with van der Waals surface area (Å²) >= 11 is 0. The number of nitrogens with zero attached hydrogens (tertiary/aromatic N) is 1. The standard InChI is InChI=1S/C13H26N2O/c1-10(2)5-15-8-12(3)6-14-7-13(4,9-15)11(12)16/h10-11,14,16H,5-9H2,1-4H3. The van der Waals surface area contributed by atoms with Gasteiger partial charge in [0.15, 0.2) is 0 Å². The van der Waals surface area contributed by atoms with Crippen LogP contribution in [0, 0.1) is 16.7 Å². The van der Waals surface area contributed by atoms with Crippen molar-refractivity contribution < 1.29 is 5.11 Å². The Kier molecular flexibility index (Phi) is 3.06. The molecule has 0 saturated carbocycles. The first-order valence-corrected chi connectivity index (χ1v) is 6.47. The molecule has 2 N–H and O–H groups in total. The summed E-state index contributed by atoms with van der Waals surface area (Å²) in [5.41, 5.74) is 0.0558. The third kappa shape index (κ3) is 2.01. The molecule has 2 fully saturated rings. The lowest BCUT2D eigenvalue weighted by Crippen LogP contribution is -2.69. The summed E-state index contributed by atoms with van der Waals surface area (Å²) in [7, 11) is 0. The lowest BCUT2D eigenvalue weighted by Gasteiger charge is -2.57. The summed E-state index contributed by atoms with van der Waals surface area (Å²) in [6.45, 7) is 14.1. The van der Waals surface area contributed by atoms with Crippen molar-refractivity contribution in [3.05, 3.63) is 0 Å². The Labute approximate surface area is 99.2 Å². The molecule has 0 spiro atoms. The van der Waals surface area contributed by atoms with Gasteiger partial charge in [-0.2, -0.15) is 0 Å². The molecule has 2 rings (SSSR count). The summed E-state index contributed by atoms with van der Waals surface area (Å²) in [6.07, 6.45) is -0.162. The van der Waals surface area contributed by atoms with Gasteiger partial charge in [-0.3, -0.25) is 0 Å². The Hall–Kier alpha value is -0.120. The van der Waals surface area contributed by atoms with Crippen LogP contribution in [-0.4, -0.2) is 48.8 Å². The summed E-state index contributed by atoms with van der Waals surface area (Å²) in [4.78, 5) is 2.54. The first kappa shape index (κ1) is 12.3. The quantitative estimate of drug-likeness (QED) is 0.735. The van der Waals surface area contributed by atoms with Crippen LogP contribution in [0.4, 0.5) is 0 Å². The maximum Gasteiger partial charge on any atom is 0.0696 e. The molecule has 2 aliphatic rings. The van der Waals surface area contributed by atoms with Gasteiger partial charge in [-0.1, -0.05) is 27.7 Å². The number of hydrogen-bond donors (Lipinski definition) is 2. The highest BCUT2D eigenvalue weighted by atomic mass is 16.3. The summed E-state index contributed by atoms with van der Waals surface area (Å²) in [6, 6.07) is 0. The number of rotatable bonds is 2. The molecule has 2 aliphatic heterocycles. The predicted molar refractivity (Wildman–Crippen MR) is 66.4 cm³/mol. The topological polar surface area (TPSA) is 35.5 Å². The van der Waals surface area contributed by atoms with E-state index in [1.165, 1.54) is 0 Å². The van der Waals surface area contributed by atoms with Gasteiger partial charge in [-0.15, -0.1) is 0 Å². The van der Waals surface area contributed by atoms with Crippen LogP contribution >= 0.6 is 0 Å². The van der Waals surface area contributed by atoms with Gasteiger partial charge in [-0.05, 0) is 5.92 Å². The molecule has 16 heavy (non-hydrogen) atoms. The highest BCUT2D eigenvalue weighted by Crippen LogP contribution is 2.42. The van der Waals surface area contributed by atoms with Gasteiger partial charge in [0, 0.05) is 43.6 Å². The van der Waals surface area contributed by atoms with Crippen molar-refractivity contribution in [3.8, 4) is 0 Å². The number of aliphatic hydroxyl groups is 1. The molecule has 3 heteroatoms. The SMILES string of the molecule is CC(C)CN1CC2(C)CNCC(C)(C1)C2O. The lowest BCUT2D eigenvalue weighted by atomic mass is 9.63. The van der Waals surface area contributed by atoms with E-state index in [1.54, 1.807) is 0 Å². The molecule has 2 atom stereocenters. The smallest absolute Gasteiger partial charge is 0.0696 e. The molecule has 3 nitrogen and oxygen atoms in total. The average Bonchev–Trinajstić information content (AvgIpc) is 2.10. The molecule has 0 aliphatic carbocycles. The van der Waals surface area contributed by atoms with Gasteiger partial charge >= 0.3 is 0 Å². The average molecular weight is 226 g/mol. The van der Waals surface area contributed by atoms with Crippen LogP contribution in [0.2, 0.25) is 0 Å². The largest absolute Gasteiger partial charge is 0.392 e. The molecule has 0 amide bonds. The normalized spacial score (nSPS) is 45.0. The van der Waals surface area contributed by atoms with Gasteiger partial charge in [0.2, 0.25) is 0 Å². The second kappa shape index (κ2) is 3.97. The second-order valence-electron chi connectivity index (χ2n) is 6.88. The zero-order valence-corrected chi connectivity index (χ0v) is 11.1. The maximum absolute atomic E-state index is 10.5. The van der Waals surface area contributed by atoms with E-state index in [9.17, 15) is 5.11 Å². The van der Waals surface area contributed by atoms with E-state index in [4.69, 9.17) is 0 Å². The second-order valence-corrected chi connectivity index (χ2v) is 6.88. The number of nitrogens with one attached hydrogen (secondary N) is 1. The highest BCUT2D eigenvalue weighted by molar-refractivity contribution is 5.06. The Morgan fingerprint density at radius 2 is 1.75 bits per heavy atom. The van der Waals surface area contributed by atoms with E-state index >= 15 is 0 Å². The van der Waals surface area contributed by atoms with Crippen LogP contribution in [0.25, 0.3) is 0 Å². The number of hydrogen-bond acceptors (Lipinski definition) is 3. The highest BCUT2D eigenvalue weighted by Gasteiger charge is 2.53. The maximum atomic E-state index is 10.5. The van der Waals surface area contributed by atoms with Crippen LogP contribution in [0.15, 0.2) is 0 Å².